The van der Waals surface area contributed by atoms with Crippen LogP contribution in [0.1, 0.15) is 51.5 Å². The van der Waals surface area contributed by atoms with Gasteiger partial charge in [0.25, 0.3) is 0 Å². The zero-order chi connectivity index (χ0) is 17.5. The summed E-state index contributed by atoms with van der Waals surface area (Å²) in [5.74, 6) is 1.01. The van der Waals surface area contributed by atoms with Gasteiger partial charge < -0.3 is 14.8 Å². The zero-order valence-corrected chi connectivity index (χ0v) is 15.9. The molecular formula is C21H34N2O2. The highest BCUT2D eigenvalue weighted by atomic mass is 16.5. The molecule has 0 unspecified atom stereocenters. The summed E-state index contributed by atoms with van der Waals surface area (Å²) in [5, 5.41) is 3.76. The predicted molar refractivity (Wildman–Crippen MR) is 102 cm³/mol. The van der Waals surface area contributed by atoms with Crippen LogP contribution in [-0.4, -0.2) is 49.4 Å². The van der Waals surface area contributed by atoms with Gasteiger partial charge >= 0.3 is 0 Å². The Morgan fingerprint density at radius 3 is 2.56 bits per heavy atom. The van der Waals surface area contributed by atoms with E-state index in [9.17, 15) is 0 Å². The van der Waals surface area contributed by atoms with Gasteiger partial charge in [0, 0.05) is 37.3 Å². The first-order valence-corrected chi connectivity index (χ1v) is 9.98. The second-order valence-corrected chi connectivity index (χ2v) is 7.76. The summed E-state index contributed by atoms with van der Waals surface area (Å²) < 4.78 is 11.5. The van der Waals surface area contributed by atoms with E-state index in [1.165, 1.54) is 37.7 Å². The highest BCUT2D eigenvalue weighted by molar-refractivity contribution is 5.33. The van der Waals surface area contributed by atoms with Crippen LogP contribution in [0.4, 0.5) is 0 Å². The van der Waals surface area contributed by atoms with E-state index >= 15 is 0 Å². The normalized spacial score (nSPS) is 21.4. The van der Waals surface area contributed by atoms with Gasteiger partial charge in [-0.1, -0.05) is 37.5 Å². The lowest BCUT2D eigenvalue weighted by atomic mass is 9.79. The number of ether oxygens (including phenoxy) is 2. The summed E-state index contributed by atoms with van der Waals surface area (Å²) in [4.78, 5) is 2.69. The fourth-order valence-corrected chi connectivity index (χ4v) is 4.30. The van der Waals surface area contributed by atoms with Crippen LogP contribution in [0.25, 0.3) is 0 Å². The molecule has 1 aromatic carbocycles. The molecule has 0 aromatic heterocycles. The highest BCUT2D eigenvalue weighted by Crippen LogP contribution is 2.34. The van der Waals surface area contributed by atoms with Crippen molar-refractivity contribution in [3.63, 3.8) is 0 Å². The van der Waals surface area contributed by atoms with Crippen molar-refractivity contribution in [3.8, 4) is 5.75 Å². The van der Waals surface area contributed by atoms with Crippen LogP contribution in [0.2, 0.25) is 0 Å². The van der Waals surface area contributed by atoms with Crippen LogP contribution < -0.4 is 10.1 Å². The molecule has 2 aliphatic rings. The van der Waals surface area contributed by atoms with Crippen molar-refractivity contribution in [2.45, 2.75) is 64.1 Å². The van der Waals surface area contributed by atoms with Gasteiger partial charge in [-0.25, -0.2) is 0 Å². The Morgan fingerprint density at radius 1 is 1.12 bits per heavy atom. The molecule has 0 atom stereocenters. The van der Waals surface area contributed by atoms with Crippen LogP contribution in [0.5, 0.6) is 5.75 Å². The lowest BCUT2D eigenvalue weighted by Crippen LogP contribution is -2.59. The van der Waals surface area contributed by atoms with E-state index in [2.05, 4.69) is 48.3 Å². The van der Waals surface area contributed by atoms with Crippen molar-refractivity contribution >= 4 is 0 Å². The first kappa shape index (κ1) is 18.7. The molecule has 0 amide bonds. The molecule has 1 aliphatic heterocycles. The van der Waals surface area contributed by atoms with Gasteiger partial charge in [-0.3, -0.25) is 4.90 Å². The summed E-state index contributed by atoms with van der Waals surface area (Å²) in [7, 11) is 0. The molecule has 4 heteroatoms. The van der Waals surface area contributed by atoms with E-state index in [4.69, 9.17) is 9.47 Å². The Kier molecular flexibility index (Phi) is 6.74. The highest BCUT2D eigenvalue weighted by Gasteiger charge is 2.38. The van der Waals surface area contributed by atoms with Crippen LogP contribution in [0, 0.1) is 0 Å². The van der Waals surface area contributed by atoms with E-state index in [1.54, 1.807) is 0 Å². The molecule has 1 saturated heterocycles. The number of para-hydroxylation sites is 1. The summed E-state index contributed by atoms with van der Waals surface area (Å²) in [5.41, 5.74) is 1.57. The maximum atomic E-state index is 5.96. The number of hydrogen-bond acceptors (Lipinski definition) is 4. The van der Waals surface area contributed by atoms with Crippen molar-refractivity contribution in [2.24, 2.45) is 0 Å². The third kappa shape index (κ3) is 4.96. The number of morpholine rings is 1. The summed E-state index contributed by atoms with van der Waals surface area (Å²) in [6.45, 7) is 10.0. The average molecular weight is 347 g/mol. The first-order chi connectivity index (χ1) is 12.2. The fraction of sp³-hybridized carbons (Fsp3) is 0.714. The van der Waals surface area contributed by atoms with Crippen molar-refractivity contribution in [2.75, 3.05) is 32.8 Å². The molecule has 1 aliphatic carbocycles. The van der Waals surface area contributed by atoms with Crippen LogP contribution in [-0.2, 0) is 11.3 Å². The van der Waals surface area contributed by atoms with E-state index < -0.39 is 0 Å². The van der Waals surface area contributed by atoms with Gasteiger partial charge in [0.1, 0.15) is 5.75 Å². The SMILES string of the molecule is CC(C)Oc1ccccc1CNCC1(N2CCOCC2)CCCCC1. The smallest absolute Gasteiger partial charge is 0.124 e. The van der Waals surface area contributed by atoms with Crippen LogP contribution >= 0.6 is 0 Å². The zero-order valence-electron chi connectivity index (χ0n) is 15.9. The maximum Gasteiger partial charge on any atom is 0.124 e. The molecule has 0 spiro atoms. The molecule has 1 saturated carbocycles. The molecule has 140 valence electrons. The summed E-state index contributed by atoms with van der Waals surface area (Å²) in [6, 6.07) is 8.41. The Bertz CT molecular complexity index is 520. The maximum absolute atomic E-state index is 5.96. The number of nitrogens with one attached hydrogen (secondary N) is 1. The number of rotatable bonds is 7. The van der Waals surface area contributed by atoms with Crippen molar-refractivity contribution in [1.82, 2.24) is 10.2 Å². The third-order valence-electron chi connectivity index (χ3n) is 5.57. The molecule has 3 rings (SSSR count). The van der Waals surface area contributed by atoms with Crippen LogP contribution in [0.3, 0.4) is 0 Å². The Hall–Kier alpha value is -1.10. The minimum absolute atomic E-state index is 0.208. The first-order valence-electron chi connectivity index (χ1n) is 9.98. The Labute approximate surface area is 152 Å². The summed E-state index contributed by atoms with van der Waals surface area (Å²) >= 11 is 0. The minimum atomic E-state index is 0.208. The van der Waals surface area contributed by atoms with E-state index in [0.29, 0.717) is 5.54 Å². The van der Waals surface area contributed by atoms with Gasteiger partial charge in [0.05, 0.1) is 19.3 Å². The standard InChI is InChI=1S/C21H34N2O2/c1-18(2)25-20-9-5-4-8-19(20)16-22-17-21(10-6-3-7-11-21)23-12-14-24-15-13-23/h4-5,8-9,18,22H,3,6-7,10-17H2,1-2H3. The Balaban J connectivity index is 1.62. The molecule has 0 bridgehead atoms. The monoisotopic (exact) mass is 346 g/mol. The van der Waals surface area contributed by atoms with Crippen molar-refractivity contribution in [1.29, 1.82) is 0 Å². The van der Waals surface area contributed by atoms with Crippen molar-refractivity contribution < 1.29 is 9.47 Å². The third-order valence-corrected chi connectivity index (χ3v) is 5.57. The molecule has 1 N–H and O–H groups in total. The number of benzene rings is 1. The predicted octanol–water partition coefficient (Wildman–Crippen LogP) is 3.60. The van der Waals surface area contributed by atoms with Gasteiger partial charge in [-0.15, -0.1) is 0 Å². The van der Waals surface area contributed by atoms with Gasteiger partial charge in [-0.05, 0) is 32.8 Å². The quantitative estimate of drug-likeness (QED) is 0.818. The topological polar surface area (TPSA) is 33.7 Å². The number of nitrogens with zero attached hydrogens (tertiary/aromatic N) is 1. The molecule has 0 radical (unpaired) electrons. The van der Waals surface area contributed by atoms with Crippen molar-refractivity contribution in [3.05, 3.63) is 29.8 Å². The van der Waals surface area contributed by atoms with E-state index in [1.807, 2.05) is 0 Å². The molecule has 4 nitrogen and oxygen atoms in total. The largest absolute Gasteiger partial charge is 0.491 e. The summed E-state index contributed by atoms with van der Waals surface area (Å²) in [6.07, 6.45) is 6.92. The second kappa shape index (κ2) is 9.02. The molecule has 25 heavy (non-hydrogen) atoms. The molecular weight excluding hydrogens is 312 g/mol. The van der Waals surface area contributed by atoms with Crippen LogP contribution in [0.15, 0.2) is 24.3 Å². The lowest BCUT2D eigenvalue weighted by Gasteiger charge is -2.48. The molecule has 1 aromatic rings. The molecule has 1 heterocycles. The number of hydrogen-bond donors (Lipinski definition) is 1. The minimum Gasteiger partial charge on any atom is -0.491 e. The van der Waals surface area contributed by atoms with E-state index in [-0.39, 0.29) is 6.10 Å². The second-order valence-electron chi connectivity index (χ2n) is 7.76. The van der Waals surface area contributed by atoms with E-state index in [0.717, 1.165) is 45.1 Å². The average Bonchev–Trinajstić information content (AvgIpc) is 2.64. The molecule has 2 fully saturated rings. The lowest BCUT2D eigenvalue weighted by molar-refractivity contribution is -0.0369. The van der Waals surface area contributed by atoms with Gasteiger partial charge in [0.2, 0.25) is 0 Å². The fourth-order valence-electron chi connectivity index (χ4n) is 4.30. The van der Waals surface area contributed by atoms with Gasteiger partial charge in [0.15, 0.2) is 0 Å². The van der Waals surface area contributed by atoms with Gasteiger partial charge in [-0.2, -0.15) is 0 Å². The Morgan fingerprint density at radius 2 is 1.84 bits per heavy atom.